The Kier molecular flexibility index (Phi) is 3.82. The van der Waals surface area contributed by atoms with Crippen LogP contribution < -0.4 is 5.73 Å². The highest BCUT2D eigenvalue weighted by molar-refractivity contribution is 7.89. The number of nitrogen functional groups attached to an aromatic ring is 1. The Bertz CT molecular complexity index is 639. The molecule has 0 atom stereocenters. The zero-order chi connectivity index (χ0) is 13.9. The van der Waals surface area contributed by atoms with Gasteiger partial charge in [0.2, 0.25) is 10.0 Å². The summed E-state index contributed by atoms with van der Waals surface area (Å²) in [6.45, 7) is 0.301. The molecule has 0 amide bonds. The lowest BCUT2D eigenvalue weighted by Crippen LogP contribution is -2.26. The molecular weight excluding hydrogens is 262 g/mol. The Morgan fingerprint density at radius 1 is 1.11 bits per heavy atom. The minimum absolute atomic E-state index is 0.234. The number of sulfonamides is 1. The lowest BCUT2D eigenvalue weighted by Gasteiger charge is -2.17. The maximum atomic E-state index is 12.3. The maximum Gasteiger partial charge on any atom is 0.243 e. The van der Waals surface area contributed by atoms with E-state index in [1.807, 2.05) is 0 Å². The van der Waals surface area contributed by atoms with Crippen LogP contribution in [0.1, 0.15) is 5.56 Å². The van der Waals surface area contributed by atoms with Crippen molar-refractivity contribution in [3.05, 3.63) is 54.4 Å². The molecule has 0 fully saturated rings. The molecule has 0 saturated heterocycles. The van der Waals surface area contributed by atoms with Crippen molar-refractivity contribution in [1.29, 1.82) is 0 Å². The summed E-state index contributed by atoms with van der Waals surface area (Å²) in [6, 6.07) is 9.74. The first-order valence-corrected chi connectivity index (χ1v) is 7.15. The van der Waals surface area contributed by atoms with Crippen LogP contribution in [0.2, 0.25) is 0 Å². The second kappa shape index (κ2) is 5.38. The number of hydrogen-bond acceptors (Lipinski definition) is 4. The quantitative estimate of drug-likeness (QED) is 0.859. The van der Waals surface area contributed by atoms with Gasteiger partial charge in [-0.15, -0.1) is 0 Å². The molecule has 2 aromatic rings. The number of pyridine rings is 1. The third-order valence-corrected chi connectivity index (χ3v) is 4.56. The molecule has 6 heteroatoms. The summed E-state index contributed by atoms with van der Waals surface area (Å²) in [6.07, 6.45) is 3.28. The summed E-state index contributed by atoms with van der Waals surface area (Å²) in [7, 11) is -1.95. The molecule has 0 unspecified atom stereocenters. The molecule has 0 aliphatic heterocycles. The second-order valence-electron chi connectivity index (χ2n) is 4.19. The first-order chi connectivity index (χ1) is 9.00. The van der Waals surface area contributed by atoms with E-state index in [0.29, 0.717) is 12.2 Å². The molecule has 0 radical (unpaired) electrons. The predicted molar refractivity (Wildman–Crippen MR) is 73.7 cm³/mol. The third-order valence-electron chi connectivity index (χ3n) is 2.74. The molecule has 0 aliphatic carbocycles. The van der Waals surface area contributed by atoms with Crippen LogP contribution in [0, 0.1) is 0 Å². The van der Waals surface area contributed by atoms with Crippen molar-refractivity contribution in [3.63, 3.8) is 0 Å². The zero-order valence-corrected chi connectivity index (χ0v) is 11.3. The van der Waals surface area contributed by atoms with Gasteiger partial charge >= 0.3 is 0 Å². The van der Waals surface area contributed by atoms with Crippen LogP contribution in [0.15, 0.2) is 53.7 Å². The number of anilines is 1. The van der Waals surface area contributed by atoms with E-state index in [-0.39, 0.29) is 4.90 Å². The minimum atomic E-state index is -3.50. The van der Waals surface area contributed by atoms with Gasteiger partial charge in [0, 0.05) is 31.7 Å². The van der Waals surface area contributed by atoms with Gasteiger partial charge in [-0.25, -0.2) is 8.42 Å². The fourth-order valence-electron chi connectivity index (χ4n) is 1.65. The van der Waals surface area contributed by atoms with Gasteiger partial charge in [0.25, 0.3) is 0 Å². The van der Waals surface area contributed by atoms with Crippen LogP contribution in [0.4, 0.5) is 5.69 Å². The van der Waals surface area contributed by atoms with Crippen LogP contribution in [-0.4, -0.2) is 24.8 Å². The highest BCUT2D eigenvalue weighted by Crippen LogP contribution is 2.17. The van der Waals surface area contributed by atoms with Crippen LogP contribution in [-0.2, 0) is 16.6 Å². The predicted octanol–water partition coefficient (Wildman–Crippen LogP) is 1.48. The number of nitrogens with zero attached hydrogens (tertiary/aromatic N) is 2. The lowest BCUT2D eigenvalue weighted by atomic mass is 10.3. The lowest BCUT2D eigenvalue weighted by molar-refractivity contribution is 0.466. The zero-order valence-electron chi connectivity index (χ0n) is 10.5. The summed E-state index contributed by atoms with van der Waals surface area (Å²) in [5, 5.41) is 0. The van der Waals surface area contributed by atoms with E-state index in [4.69, 9.17) is 5.73 Å². The average Bonchev–Trinajstić information content (AvgIpc) is 2.40. The molecule has 5 nitrogen and oxygen atoms in total. The van der Waals surface area contributed by atoms with Crippen molar-refractivity contribution in [1.82, 2.24) is 9.29 Å². The van der Waals surface area contributed by atoms with Gasteiger partial charge in [0.1, 0.15) is 0 Å². The number of rotatable bonds is 4. The summed E-state index contributed by atoms with van der Waals surface area (Å²) in [5.74, 6) is 0. The number of aromatic nitrogens is 1. The van der Waals surface area contributed by atoms with Crippen molar-refractivity contribution < 1.29 is 8.42 Å². The molecule has 0 aliphatic rings. The Hall–Kier alpha value is -1.92. The van der Waals surface area contributed by atoms with Crippen molar-refractivity contribution >= 4 is 15.7 Å². The van der Waals surface area contributed by atoms with Gasteiger partial charge in [-0.3, -0.25) is 4.98 Å². The summed E-state index contributed by atoms with van der Waals surface area (Å²) in [5.41, 5.74) is 6.98. The van der Waals surface area contributed by atoms with Gasteiger partial charge in [-0.05, 0) is 42.0 Å². The number of nitrogens with two attached hydrogens (primary N) is 1. The van der Waals surface area contributed by atoms with E-state index in [1.54, 1.807) is 43.7 Å². The molecule has 2 N–H and O–H groups in total. The van der Waals surface area contributed by atoms with E-state index in [2.05, 4.69) is 4.98 Å². The molecule has 0 bridgehead atoms. The monoisotopic (exact) mass is 277 g/mol. The SMILES string of the molecule is CN(Cc1ccncc1)S(=O)(=O)c1ccc(N)cc1. The molecule has 100 valence electrons. The number of hydrogen-bond donors (Lipinski definition) is 1. The van der Waals surface area contributed by atoms with Crippen LogP contribution in [0.5, 0.6) is 0 Å². The van der Waals surface area contributed by atoms with Crippen molar-refractivity contribution in [2.75, 3.05) is 12.8 Å². The highest BCUT2D eigenvalue weighted by Gasteiger charge is 2.20. The molecule has 1 aromatic heterocycles. The van der Waals surface area contributed by atoms with Gasteiger partial charge in [-0.2, -0.15) is 4.31 Å². The topological polar surface area (TPSA) is 76.3 Å². The van der Waals surface area contributed by atoms with Crippen molar-refractivity contribution in [3.8, 4) is 0 Å². The molecule has 19 heavy (non-hydrogen) atoms. The van der Waals surface area contributed by atoms with Gasteiger partial charge in [-0.1, -0.05) is 0 Å². The number of benzene rings is 1. The highest BCUT2D eigenvalue weighted by atomic mass is 32.2. The molecule has 0 spiro atoms. The summed E-state index contributed by atoms with van der Waals surface area (Å²) >= 11 is 0. The van der Waals surface area contributed by atoms with Crippen LogP contribution in [0.3, 0.4) is 0 Å². The first kappa shape index (κ1) is 13.5. The smallest absolute Gasteiger partial charge is 0.243 e. The van der Waals surface area contributed by atoms with Gasteiger partial charge in [0.05, 0.1) is 4.90 Å². The molecule has 1 heterocycles. The second-order valence-corrected chi connectivity index (χ2v) is 6.23. The Labute approximate surface area is 112 Å². The first-order valence-electron chi connectivity index (χ1n) is 5.71. The van der Waals surface area contributed by atoms with E-state index >= 15 is 0 Å². The van der Waals surface area contributed by atoms with E-state index in [1.165, 1.54) is 16.4 Å². The normalized spacial score (nSPS) is 11.7. The Morgan fingerprint density at radius 2 is 1.68 bits per heavy atom. The van der Waals surface area contributed by atoms with Crippen LogP contribution >= 0.6 is 0 Å². The Morgan fingerprint density at radius 3 is 2.26 bits per heavy atom. The fourth-order valence-corrected chi connectivity index (χ4v) is 2.81. The van der Waals surface area contributed by atoms with Crippen molar-refractivity contribution in [2.24, 2.45) is 0 Å². The molecule has 2 rings (SSSR count). The summed E-state index contributed by atoms with van der Waals surface area (Å²) < 4.78 is 25.9. The van der Waals surface area contributed by atoms with Crippen LogP contribution in [0.25, 0.3) is 0 Å². The minimum Gasteiger partial charge on any atom is -0.399 e. The Balaban J connectivity index is 2.22. The standard InChI is InChI=1S/C13H15N3O2S/c1-16(10-11-6-8-15-9-7-11)19(17,18)13-4-2-12(14)3-5-13/h2-9H,10,14H2,1H3. The summed E-state index contributed by atoms with van der Waals surface area (Å²) in [4.78, 5) is 4.14. The third kappa shape index (κ3) is 3.10. The molecular formula is C13H15N3O2S. The van der Waals surface area contributed by atoms with E-state index < -0.39 is 10.0 Å². The van der Waals surface area contributed by atoms with E-state index in [0.717, 1.165) is 5.56 Å². The fraction of sp³-hybridized carbons (Fsp3) is 0.154. The van der Waals surface area contributed by atoms with Gasteiger partial charge < -0.3 is 5.73 Å². The average molecular weight is 277 g/mol. The molecule has 0 saturated carbocycles. The maximum absolute atomic E-state index is 12.3. The van der Waals surface area contributed by atoms with E-state index in [9.17, 15) is 8.42 Å². The van der Waals surface area contributed by atoms with Gasteiger partial charge in [0.15, 0.2) is 0 Å². The van der Waals surface area contributed by atoms with Crippen molar-refractivity contribution in [2.45, 2.75) is 11.4 Å². The largest absolute Gasteiger partial charge is 0.399 e. The molecule has 1 aromatic carbocycles.